The summed E-state index contributed by atoms with van der Waals surface area (Å²) in [5, 5.41) is 6.74. The summed E-state index contributed by atoms with van der Waals surface area (Å²) < 4.78 is 0. The Morgan fingerprint density at radius 2 is 1.44 bits per heavy atom. The van der Waals surface area contributed by atoms with E-state index in [0.717, 1.165) is 22.6 Å². The summed E-state index contributed by atoms with van der Waals surface area (Å²) in [7, 11) is 0. The molecule has 1 amide bonds. The quantitative estimate of drug-likeness (QED) is 0.610. The number of nitrogens with zero attached hydrogens (tertiary/aromatic N) is 1. The monoisotopic (exact) mass is 371 g/mol. The van der Waals surface area contributed by atoms with Gasteiger partial charge in [0.15, 0.2) is 5.17 Å². The highest BCUT2D eigenvalue weighted by molar-refractivity contribution is 8.18. The van der Waals surface area contributed by atoms with E-state index in [1.54, 1.807) is 0 Å². The number of hydrogen-bond donors (Lipinski definition) is 2. The molecule has 1 heterocycles. The fourth-order valence-electron chi connectivity index (χ4n) is 2.61. The lowest BCUT2D eigenvalue weighted by Crippen LogP contribution is -2.19. The average Bonchev–Trinajstić information content (AvgIpc) is 3.04. The van der Waals surface area contributed by atoms with Crippen LogP contribution in [-0.4, -0.2) is 11.1 Å². The van der Waals surface area contributed by atoms with Gasteiger partial charge >= 0.3 is 0 Å². The Labute approximate surface area is 162 Å². The van der Waals surface area contributed by atoms with Crippen LogP contribution in [-0.2, 0) is 4.79 Å². The molecule has 0 radical (unpaired) electrons. The predicted molar refractivity (Wildman–Crippen MR) is 113 cm³/mol. The lowest BCUT2D eigenvalue weighted by atomic mass is 10.2. The molecule has 0 saturated carbocycles. The first-order valence-corrected chi connectivity index (χ1v) is 9.35. The van der Waals surface area contributed by atoms with E-state index in [9.17, 15) is 4.79 Å². The Morgan fingerprint density at radius 3 is 2.15 bits per heavy atom. The van der Waals surface area contributed by atoms with Crippen LogP contribution in [0.2, 0.25) is 0 Å². The van der Waals surface area contributed by atoms with Crippen LogP contribution >= 0.6 is 11.8 Å². The van der Waals surface area contributed by atoms with Crippen LogP contribution in [0.3, 0.4) is 0 Å². The Morgan fingerprint density at radius 1 is 0.815 bits per heavy atom. The standard InChI is InChI=1S/C22H17N3OS/c26-21-20(15-16-7-3-1-4-8-16)27-22(25-21)24-19-13-11-18(12-14-19)23-17-9-5-2-6-10-17/h1-15,23H,(H,24,25,26)/b20-15-. The van der Waals surface area contributed by atoms with Crippen molar-refractivity contribution < 1.29 is 4.79 Å². The number of anilines is 2. The molecule has 4 rings (SSSR count). The van der Waals surface area contributed by atoms with Gasteiger partial charge < -0.3 is 10.6 Å². The third-order valence-electron chi connectivity index (χ3n) is 3.91. The molecule has 5 heteroatoms. The summed E-state index contributed by atoms with van der Waals surface area (Å²) in [6.07, 6.45) is 1.87. The summed E-state index contributed by atoms with van der Waals surface area (Å²) in [6.45, 7) is 0. The van der Waals surface area contributed by atoms with Gasteiger partial charge in [-0.1, -0.05) is 48.5 Å². The van der Waals surface area contributed by atoms with Crippen molar-refractivity contribution >= 4 is 46.0 Å². The van der Waals surface area contributed by atoms with E-state index in [1.807, 2.05) is 91.0 Å². The molecule has 0 aromatic heterocycles. The van der Waals surface area contributed by atoms with Gasteiger partial charge in [0.05, 0.1) is 10.6 Å². The van der Waals surface area contributed by atoms with Crippen molar-refractivity contribution in [2.45, 2.75) is 0 Å². The van der Waals surface area contributed by atoms with E-state index in [0.29, 0.717) is 10.1 Å². The highest BCUT2D eigenvalue weighted by atomic mass is 32.2. The maximum absolute atomic E-state index is 12.1. The zero-order valence-electron chi connectivity index (χ0n) is 14.4. The third kappa shape index (κ3) is 4.46. The van der Waals surface area contributed by atoms with Gasteiger partial charge in [-0.15, -0.1) is 0 Å². The van der Waals surface area contributed by atoms with Crippen LogP contribution in [0, 0.1) is 0 Å². The topological polar surface area (TPSA) is 53.5 Å². The molecule has 0 aliphatic carbocycles. The van der Waals surface area contributed by atoms with Crippen molar-refractivity contribution in [2.24, 2.45) is 4.99 Å². The summed E-state index contributed by atoms with van der Waals surface area (Å²) >= 11 is 1.35. The van der Waals surface area contributed by atoms with E-state index in [4.69, 9.17) is 0 Å². The second-order valence-electron chi connectivity index (χ2n) is 5.93. The van der Waals surface area contributed by atoms with E-state index in [2.05, 4.69) is 15.6 Å². The van der Waals surface area contributed by atoms with Gasteiger partial charge in [0.25, 0.3) is 5.91 Å². The minimum absolute atomic E-state index is 0.120. The molecule has 1 saturated heterocycles. The molecule has 1 aliphatic heterocycles. The molecule has 0 unspecified atom stereocenters. The number of rotatable bonds is 4. The maximum Gasteiger partial charge on any atom is 0.264 e. The molecule has 1 aliphatic rings. The molecule has 3 aromatic rings. The van der Waals surface area contributed by atoms with Gasteiger partial charge in [0.2, 0.25) is 0 Å². The summed E-state index contributed by atoms with van der Waals surface area (Å²) in [5.74, 6) is -0.120. The normalized spacial score (nSPS) is 16.5. The Kier molecular flexibility index (Phi) is 5.03. The van der Waals surface area contributed by atoms with Crippen LogP contribution in [0.4, 0.5) is 17.1 Å². The molecule has 27 heavy (non-hydrogen) atoms. The number of benzene rings is 3. The smallest absolute Gasteiger partial charge is 0.264 e. The van der Waals surface area contributed by atoms with Crippen molar-refractivity contribution in [3.8, 4) is 0 Å². The number of thioether (sulfide) groups is 1. The highest BCUT2D eigenvalue weighted by Crippen LogP contribution is 2.28. The summed E-state index contributed by atoms with van der Waals surface area (Å²) in [6, 6.07) is 27.5. The predicted octanol–water partition coefficient (Wildman–Crippen LogP) is 5.32. The molecule has 0 atom stereocenters. The molecule has 2 N–H and O–H groups in total. The molecule has 0 spiro atoms. The zero-order chi connectivity index (χ0) is 18.5. The number of para-hydroxylation sites is 1. The van der Waals surface area contributed by atoms with Crippen LogP contribution in [0.25, 0.3) is 6.08 Å². The molecular weight excluding hydrogens is 354 g/mol. The van der Waals surface area contributed by atoms with E-state index < -0.39 is 0 Å². The minimum Gasteiger partial charge on any atom is -0.356 e. The van der Waals surface area contributed by atoms with Gasteiger partial charge in [-0.2, -0.15) is 0 Å². The second-order valence-corrected chi connectivity index (χ2v) is 6.96. The number of carbonyl (C=O) groups excluding carboxylic acids is 1. The summed E-state index contributed by atoms with van der Waals surface area (Å²) in [5.41, 5.74) is 3.80. The zero-order valence-corrected chi connectivity index (χ0v) is 15.2. The number of nitrogens with one attached hydrogen (secondary N) is 2. The van der Waals surface area contributed by atoms with Gasteiger partial charge in [0, 0.05) is 11.4 Å². The molecule has 4 nitrogen and oxygen atoms in total. The van der Waals surface area contributed by atoms with Crippen molar-refractivity contribution in [1.29, 1.82) is 0 Å². The lowest BCUT2D eigenvalue weighted by molar-refractivity contribution is -0.115. The van der Waals surface area contributed by atoms with Gasteiger partial charge in [0.1, 0.15) is 0 Å². The van der Waals surface area contributed by atoms with Crippen molar-refractivity contribution in [1.82, 2.24) is 5.32 Å². The van der Waals surface area contributed by atoms with Gasteiger partial charge in [-0.25, -0.2) is 4.99 Å². The molecule has 132 valence electrons. The number of carbonyl (C=O) groups is 1. The van der Waals surface area contributed by atoms with Gasteiger partial charge in [-0.3, -0.25) is 4.79 Å². The Balaban J connectivity index is 1.46. The van der Waals surface area contributed by atoms with Crippen molar-refractivity contribution in [3.05, 3.63) is 95.4 Å². The highest BCUT2D eigenvalue weighted by Gasteiger charge is 2.23. The number of amides is 1. The SMILES string of the molecule is O=C1NC(=Nc2ccc(Nc3ccccc3)cc2)S/C1=C\c1ccccc1. The molecule has 1 fully saturated rings. The van der Waals surface area contributed by atoms with Crippen LogP contribution in [0.15, 0.2) is 94.8 Å². The third-order valence-corrected chi connectivity index (χ3v) is 4.82. The maximum atomic E-state index is 12.1. The molecule has 0 bridgehead atoms. The molecule has 3 aromatic carbocycles. The van der Waals surface area contributed by atoms with Crippen molar-refractivity contribution in [2.75, 3.05) is 5.32 Å². The molecular formula is C22H17N3OS. The van der Waals surface area contributed by atoms with Crippen LogP contribution in [0.1, 0.15) is 5.56 Å². The first-order valence-electron chi connectivity index (χ1n) is 8.53. The number of amidine groups is 1. The Hall–Kier alpha value is -3.31. The lowest BCUT2D eigenvalue weighted by Gasteiger charge is -2.06. The first kappa shape index (κ1) is 17.1. The van der Waals surface area contributed by atoms with E-state index in [1.165, 1.54) is 11.8 Å². The average molecular weight is 371 g/mol. The fourth-order valence-corrected chi connectivity index (χ4v) is 3.45. The summed E-state index contributed by atoms with van der Waals surface area (Å²) in [4.78, 5) is 17.3. The minimum atomic E-state index is -0.120. The second kappa shape index (κ2) is 7.93. The van der Waals surface area contributed by atoms with Gasteiger partial charge in [-0.05, 0) is 59.8 Å². The largest absolute Gasteiger partial charge is 0.356 e. The first-order chi connectivity index (χ1) is 13.3. The fraction of sp³-hybridized carbons (Fsp3) is 0. The Bertz CT molecular complexity index is 997. The van der Waals surface area contributed by atoms with Crippen LogP contribution < -0.4 is 10.6 Å². The van der Waals surface area contributed by atoms with E-state index in [-0.39, 0.29) is 5.91 Å². The van der Waals surface area contributed by atoms with E-state index >= 15 is 0 Å². The number of aliphatic imine (C=N–C) groups is 1. The van der Waals surface area contributed by atoms with Crippen molar-refractivity contribution in [3.63, 3.8) is 0 Å². The van der Waals surface area contributed by atoms with Crippen LogP contribution in [0.5, 0.6) is 0 Å². The number of hydrogen-bond acceptors (Lipinski definition) is 4.